The number of hydrogen-bond donors (Lipinski definition) is 3. The monoisotopic (exact) mass is 419 g/mol. The molecule has 29 heavy (non-hydrogen) atoms. The molecule has 3 heterocycles. The summed E-state index contributed by atoms with van der Waals surface area (Å²) in [4.78, 5) is 23.1. The first kappa shape index (κ1) is 19.7. The van der Waals surface area contributed by atoms with Crippen LogP contribution >= 0.6 is 11.8 Å². The zero-order valence-corrected chi connectivity index (χ0v) is 15.7. The average Bonchev–Trinajstić information content (AvgIpc) is 3.28. The number of nitro groups is 1. The highest BCUT2D eigenvalue weighted by Gasteiger charge is 2.44. The number of thioether (sulfide) groups is 1. The van der Waals surface area contributed by atoms with Crippen LogP contribution in [0.15, 0.2) is 41.9 Å². The Labute approximate surface area is 168 Å². The average molecular weight is 419 g/mol. The van der Waals surface area contributed by atoms with E-state index < -0.39 is 36.1 Å². The summed E-state index contributed by atoms with van der Waals surface area (Å²) in [6, 6.07) is 6.26. The van der Waals surface area contributed by atoms with Gasteiger partial charge in [-0.3, -0.25) is 14.7 Å². The normalized spacial score (nSPS) is 24.2. The third-order valence-corrected chi connectivity index (χ3v) is 5.69. The Morgan fingerprint density at radius 2 is 1.93 bits per heavy atom. The van der Waals surface area contributed by atoms with Crippen LogP contribution in [0, 0.1) is 10.1 Å². The van der Waals surface area contributed by atoms with Crippen LogP contribution in [0.4, 0.5) is 5.69 Å². The number of nitro benzene ring substituents is 1. The number of fused-ring (bicyclic) bond motifs is 1. The predicted molar refractivity (Wildman–Crippen MR) is 101 cm³/mol. The van der Waals surface area contributed by atoms with Crippen molar-refractivity contribution >= 4 is 28.6 Å². The van der Waals surface area contributed by atoms with E-state index in [4.69, 9.17) is 4.74 Å². The fraction of sp³-hybridized carbons (Fsp3) is 0.353. The summed E-state index contributed by atoms with van der Waals surface area (Å²) in [7, 11) is 0. The number of nitrogens with zero attached hydrogens (tertiary/aromatic N) is 5. The van der Waals surface area contributed by atoms with Crippen molar-refractivity contribution in [3.05, 3.63) is 52.6 Å². The van der Waals surface area contributed by atoms with Gasteiger partial charge in [-0.1, -0.05) is 23.9 Å². The number of non-ortho nitro benzene ring substituents is 1. The molecule has 3 N–H and O–H groups in total. The van der Waals surface area contributed by atoms with Crippen LogP contribution in [0.25, 0.3) is 11.2 Å². The third kappa shape index (κ3) is 3.68. The lowest BCUT2D eigenvalue weighted by atomic mass is 10.1. The smallest absolute Gasteiger partial charge is 0.269 e. The number of imidazole rings is 1. The van der Waals surface area contributed by atoms with E-state index in [0.717, 1.165) is 5.56 Å². The third-order valence-electron chi connectivity index (χ3n) is 4.64. The summed E-state index contributed by atoms with van der Waals surface area (Å²) in [6.07, 6.45) is -1.49. The van der Waals surface area contributed by atoms with Crippen molar-refractivity contribution < 1.29 is 25.0 Å². The Kier molecular flexibility index (Phi) is 5.43. The van der Waals surface area contributed by atoms with Crippen LogP contribution in [-0.4, -0.2) is 64.7 Å². The number of aliphatic hydroxyl groups excluding tert-OH is 3. The quantitative estimate of drug-likeness (QED) is 0.224. The number of ether oxygens (including phenoxy) is 1. The van der Waals surface area contributed by atoms with Gasteiger partial charge in [0.2, 0.25) is 0 Å². The molecule has 0 bridgehead atoms. The van der Waals surface area contributed by atoms with E-state index in [9.17, 15) is 25.4 Å². The van der Waals surface area contributed by atoms with Gasteiger partial charge >= 0.3 is 0 Å². The molecule has 1 unspecified atom stereocenters. The van der Waals surface area contributed by atoms with Gasteiger partial charge in [0.25, 0.3) is 5.69 Å². The van der Waals surface area contributed by atoms with Crippen molar-refractivity contribution in [2.45, 2.75) is 35.3 Å². The molecular formula is C17H17N5O6S. The summed E-state index contributed by atoms with van der Waals surface area (Å²) in [5.74, 6) is 0.519. The van der Waals surface area contributed by atoms with Crippen LogP contribution in [0.3, 0.4) is 0 Å². The molecule has 0 amide bonds. The minimum absolute atomic E-state index is 0.0282. The maximum Gasteiger partial charge on any atom is 0.269 e. The molecule has 3 aromatic rings. The number of hydrogen-bond acceptors (Lipinski definition) is 10. The van der Waals surface area contributed by atoms with Gasteiger partial charge in [0.05, 0.1) is 17.9 Å². The molecule has 4 rings (SSSR count). The predicted octanol–water partition coefficient (Wildman–Crippen LogP) is 0.638. The topological polar surface area (TPSA) is 157 Å². The fourth-order valence-electron chi connectivity index (χ4n) is 3.10. The molecule has 1 aliphatic rings. The highest BCUT2D eigenvalue weighted by Crippen LogP contribution is 2.33. The Morgan fingerprint density at radius 1 is 1.17 bits per heavy atom. The molecule has 0 saturated carbocycles. The molecule has 1 aliphatic heterocycles. The van der Waals surface area contributed by atoms with Gasteiger partial charge in [-0.15, -0.1) is 0 Å². The van der Waals surface area contributed by atoms with Crippen LogP contribution in [0.5, 0.6) is 0 Å². The number of benzene rings is 1. The van der Waals surface area contributed by atoms with Crippen molar-refractivity contribution in [1.82, 2.24) is 19.5 Å². The second-order valence-corrected chi connectivity index (χ2v) is 7.41. The van der Waals surface area contributed by atoms with Crippen LogP contribution in [-0.2, 0) is 10.5 Å². The Balaban J connectivity index is 1.55. The Hall–Kier alpha value is -2.64. The molecule has 1 aromatic carbocycles. The number of rotatable bonds is 6. The van der Waals surface area contributed by atoms with Gasteiger partial charge in [-0.2, -0.15) is 0 Å². The first-order chi connectivity index (χ1) is 14.0. The first-order valence-corrected chi connectivity index (χ1v) is 9.64. The molecule has 0 radical (unpaired) electrons. The molecule has 1 saturated heterocycles. The van der Waals surface area contributed by atoms with Crippen molar-refractivity contribution in [3.8, 4) is 0 Å². The van der Waals surface area contributed by atoms with E-state index in [1.165, 1.54) is 41.1 Å². The molecule has 1 fully saturated rings. The van der Waals surface area contributed by atoms with Crippen LogP contribution < -0.4 is 0 Å². The lowest BCUT2D eigenvalue weighted by molar-refractivity contribution is -0.384. The van der Waals surface area contributed by atoms with E-state index in [0.29, 0.717) is 21.9 Å². The lowest BCUT2D eigenvalue weighted by Gasteiger charge is -2.16. The lowest BCUT2D eigenvalue weighted by Crippen LogP contribution is -2.33. The maximum atomic E-state index is 10.7. The highest BCUT2D eigenvalue weighted by atomic mass is 32.2. The molecule has 11 nitrogen and oxygen atoms in total. The minimum atomic E-state index is -1.24. The zero-order valence-electron chi connectivity index (χ0n) is 14.9. The molecular weight excluding hydrogens is 402 g/mol. The zero-order chi connectivity index (χ0) is 20.5. The van der Waals surface area contributed by atoms with Gasteiger partial charge in [0.1, 0.15) is 35.2 Å². The summed E-state index contributed by atoms with van der Waals surface area (Å²) < 4.78 is 7.03. The van der Waals surface area contributed by atoms with E-state index in [2.05, 4.69) is 15.0 Å². The Bertz CT molecular complexity index is 1030. The van der Waals surface area contributed by atoms with E-state index in [-0.39, 0.29) is 5.69 Å². The molecule has 4 atom stereocenters. The summed E-state index contributed by atoms with van der Waals surface area (Å²) in [5, 5.41) is 40.8. The van der Waals surface area contributed by atoms with Gasteiger partial charge < -0.3 is 20.1 Å². The molecule has 0 aliphatic carbocycles. The number of aromatic nitrogens is 4. The molecule has 12 heteroatoms. The number of aliphatic hydroxyl groups is 3. The van der Waals surface area contributed by atoms with Crippen molar-refractivity contribution in [2.24, 2.45) is 0 Å². The summed E-state index contributed by atoms with van der Waals surface area (Å²) in [6.45, 7) is -0.424. The molecule has 152 valence electrons. The van der Waals surface area contributed by atoms with E-state index in [1.54, 1.807) is 12.1 Å². The molecule has 0 spiro atoms. The standard InChI is InChI=1S/C17H17N5O6S/c23-5-11-13(24)14(25)17(28-11)21-8-20-12-15(21)18-7-19-16(12)29-6-9-1-3-10(4-2-9)22(26)27/h1-4,7-8,11,13-14,17,23-25H,5-6H2/t11-,13-,14-,17?/m0/s1. The molecule has 2 aromatic heterocycles. The van der Waals surface area contributed by atoms with E-state index in [1.807, 2.05) is 0 Å². The van der Waals surface area contributed by atoms with Gasteiger partial charge in [0, 0.05) is 17.9 Å². The van der Waals surface area contributed by atoms with Crippen LogP contribution in [0.1, 0.15) is 11.8 Å². The first-order valence-electron chi connectivity index (χ1n) is 8.65. The second kappa shape index (κ2) is 8.00. The van der Waals surface area contributed by atoms with Crippen LogP contribution in [0.2, 0.25) is 0 Å². The van der Waals surface area contributed by atoms with Gasteiger partial charge in [-0.25, -0.2) is 15.0 Å². The maximum absolute atomic E-state index is 10.7. The highest BCUT2D eigenvalue weighted by molar-refractivity contribution is 7.98. The van der Waals surface area contributed by atoms with Crippen molar-refractivity contribution in [2.75, 3.05) is 6.61 Å². The van der Waals surface area contributed by atoms with Crippen molar-refractivity contribution in [1.29, 1.82) is 0 Å². The minimum Gasteiger partial charge on any atom is -0.394 e. The Morgan fingerprint density at radius 3 is 2.59 bits per heavy atom. The fourth-order valence-corrected chi connectivity index (χ4v) is 4.00. The second-order valence-electron chi connectivity index (χ2n) is 6.44. The van der Waals surface area contributed by atoms with Gasteiger partial charge in [-0.05, 0) is 5.56 Å². The largest absolute Gasteiger partial charge is 0.394 e. The van der Waals surface area contributed by atoms with Gasteiger partial charge in [0.15, 0.2) is 11.9 Å². The van der Waals surface area contributed by atoms with E-state index >= 15 is 0 Å². The SMILES string of the molecule is O=[N+]([O-])c1ccc(CSc2ncnc3c2ncn3C2O[C@@H](CO)[C@H](O)[C@@H]2O)cc1. The summed E-state index contributed by atoms with van der Waals surface area (Å²) in [5.41, 5.74) is 1.83. The summed E-state index contributed by atoms with van der Waals surface area (Å²) >= 11 is 1.39. The van der Waals surface area contributed by atoms with Crippen molar-refractivity contribution in [3.63, 3.8) is 0 Å².